The summed E-state index contributed by atoms with van der Waals surface area (Å²) in [7, 11) is 1.88. The van der Waals surface area contributed by atoms with Gasteiger partial charge in [0.2, 0.25) is 5.91 Å². The second-order valence-electron chi connectivity index (χ2n) is 4.61. The second kappa shape index (κ2) is 7.36. The van der Waals surface area contributed by atoms with Crippen molar-refractivity contribution in [1.29, 1.82) is 5.26 Å². The van der Waals surface area contributed by atoms with Crippen molar-refractivity contribution in [3.05, 3.63) is 17.0 Å². The van der Waals surface area contributed by atoms with Crippen LogP contribution in [0.25, 0.3) is 0 Å². The van der Waals surface area contributed by atoms with Crippen molar-refractivity contribution in [3.63, 3.8) is 0 Å². The largest absolute Gasteiger partial charge is 0.374 e. The number of carbonyl (C=O) groups is 1. The molecular formula is C13H18N4O2S. The van der Waals surface area contributed by atoms with E-state index < -0.39 is 0 Å². The fourth-order valence-corrected chi connectivity index (χ4v) is 2.89. The SMILES string of the molecule is CNCC1CN(CC(=O)Nc2sccc2C#N)CCO1. The van der Waals surface area contributed by atoms with Gasteiger partial charge in [-0.3, -0.25) is 9.69 Å². The van der Waals surface area contributed by atoms with E-state index in [1.165, 1.54) is 11.3 Å². The summed E-state index contributed by atoms with van der Waals surface area (Å²) < 4.78 is 5.60. The van der Waals surface area contributed by atoms with Crippen LogP contribution in [0.4, 0.5) is 5.00 Å². The summed E-state index contributed by atoms with van der Waals surface area (Å²) in [5.41, 5.74) is 0.512. The van der Waals surface area contributed by atoms with Crippen LogP contribution in [-0.4, -0.2) is 56.7 Å². The molecular weight excluding hydrogens is 276 g/mol. The summed E-state index contributed by atoms with van der Waals surface area (Å²) in [5.74, 6) is -0.0888. The van der Waals surface area contributed by atoms with Crippen LogP contribution in [0.5, 0.6) is 0 Å². The van der Waals surface area contributed by atoms with Gasteiger partial charge in [0.1, 0.15) is 11.1 Å². The Morgan fingerprint density at radius 3 is 3.30 bits per heavy atom. The third kappa shape index (κ3) is 4.02. The van der Waals surface area contributed by atoms with E-state index in [1.54, 1.807) is 11.4 Å². The van der Waals surface area contributed by atoms with Gasteiger partial charge in [-0.05, 0) is 18.5 Å². The number of nitrogens with one attached hydrogen (secondary N) is 2. The maximum atomic E-state index is 12.0. The zero-order chi connectivity index (χ0) is 14.4. The lowest BCUT2D eigenvalue weighted by Crippen LogP contribution is -2.48. The average molecular weight is 294 g/mol. The van der Waals surface area contributed by atoms with E-state index in [9.17, 15) is 4.79 Å². The van der Waals surface area contributed by atoms with Crippen LogP contribution in [0.3, 0.4) is 0 Å². The van der Waals surface area contributed by atoms with Crippen LogP contribution >= 0.6 is 11.3 Å². The van der Waals surface area contributed by atoms with E-state index >= 15 is 0 Å². The first-order valence-electron chi connectivity index (χ1n) is 6.49. The van der Waals surface area contributed by atoms with Crippen LogP contribution < -0.4 is 10.6 Å². The standard InChI is InChI=1S/C13H18N4O2S/c1-15-7-11-8-17(3-4-19-11)9-12(18)16-13-10(6-14)2-5-20-13/h2,5,11,15H,3-4,7-9H2,1H3,(H,16,18). The zero-order valence-electron chi connectivity index (χ0n) is 11.4. The van der Waals surface area contributed by atoms with Crippen molar-refractivity contribution in [3.8, 4) is 6.07 Å². The molecule has 1 aliphatic heterocycles. The molecule has 0 aliphatic carbocycles. The van der Waals surface area contributed by atoms with Gasteiger partial charge in [0, 0.05) is 19.6 Å². The van der Waals surface area contributed by atoms with Crippen LogP contribution in [0, 0.1) is 11.3 Å². The Kier molecular flexibility index (Phi) is 5.49. The maximum Gasteiger partial charge on any atom is 0.239 e. The quantitative estimate of drug-likeness (QED) is 0.826. The normalized spacial score (nSPS) is 19.5. The zero-order valence-corrected chi connectivity index (χ0v) is 12.2. The van der Waals surface area contributed by atoms with Crippen molar-refractivity contribution < 1.29 is 9.53 Å². The fourth-order valence-electron chi connectivity index (χ4n) is 2.14. The Bertz CT molecular complexity index is 495. The molecule has 2 heterocycles. The third-order valence-electron chi connectivity index (χ3n) is 3.06. The first-order chi connectivity index (χ1) is 9.72. The number of nitrogens with zero attached hydrogens (tertiary/aromatic N) is 2. The molecule has 108 valence electrons. The number of hydrogen-bond acceptors (Lipinski definition) is 6. The Morgan fingerprint density at radius 1 is 1.70 bits per heavy atom. The minimum Gasteiger partial charge on any atom is -0.374 e. The van der Waals surface area contributed by atoms with E-state index in [2.05, 4.69) is 21.6 Å². The van der Waals surface area contributed by atoms with Gasteiger partial charge in [0.05, 0.1) is 24.8 Å². The molecule has 0 radical (unpaired) electrons. The molecule has 0 spiro atoms. The summed E-state index contributed by atoms with van der Waals surface area (Å²) >= 11 is 1.37. The van der Waals surface area contributed by atoms with Crippen LogP contribution in [0.1, 0.15) is 5.56 Å². The number of anilines is 1. The summed E-state index contributed by atoms with van der Waals surface area (Å²) in [4.78, 5) is 14.1. The highest BCUT2D eigenvalue weighted by Crippen LogP contribution is 2.22. The van der Waals surface area contributed by atoms with E-state index in [0.29, 0.717) is 23.7 Å². The number of rotatable bonds is 5. The highest BCUT2D eigenvalue weighted by Gasteiger charge is 2.21. The summed E-state index contributed by atoms with van der Waals surface area (Å²) in [6.07, 6.45) is 0.123. The molecule has 1 amide bonds. The minimum absolute atomic E-state index is 0.0888. The molecule has 2 rings (SSSR count). The third-order valence-corrected chi connectivity index (χ3v) is 3.89. The molecule has 1 atom stereocenters. The monoisotopic (exact) mass is 294 g/mol. The van der Waals surface area contributed by atoms with E-state index in [1.807, 2.05) is 7.05 Å². The van der Waals surface area contributed by atoms with Gasteiger partial charge >= 0.3 is 0 Å². The summed E-state index contributed by atoms with van der Waals surface area (Å²) in [5, 5.41) is 17.2. The molecule has 0 saturated carbocycles. The van der Waals surface area contributed by atoms with Gasteiger partial charge in [-0.1, -0.05) is 0 Å². The molecule has 2 N–H and O–H groups in total. The number of hydrogen-bond donors (Lipinski definition) is 2. The molecule has 1 fully saturated rings. The predicted molar refractivity (Wildman–Crippen MR) is 77.8 cm³/mol. The Labute approximate surface area is 122 Å². The van der Waals surface area contributed by atoms with Crippen molar-refractivity contribution >= 4 is 22.2 Å². The number of likely N-dealkylation sites (N-methyl/N-ethyl adjacent to an activating group) is 1. The van der Waals surface area contributed by atoms with Gasteiger partial charge in [-0.15, -0.1) is 11.3 Å². The van der Waals surface area contributed by atoms with Crippen molar-refractivity contribution in [2.75, 3.05) is 45.2 Å². The lowest BCUT2D eigenvalue weighted by Gasteiger charge is -2.32. The van der Waals surface area contributed by atoms with Crippen LogP contribution in [0.15, 0.2) is 11.4 Å². The van der Waals surface area contributed by atoms with E-state index in [4.69, 9.17) is 10.00 Å². The van der Waals surface area contributed by atoms with Crippen LogP contribution in [0.2, 0.25) is 0 Å². The first kappa shape index (κ1) is 14.9. The molecule has 1 aromatic heterocycles. The molecule has 1 saturated heterocycles. The van der Waals surface area contributed by atoms with E-state index in [-0.39, 0.29) is 12.0 Å². The number of nitriles is 1. The molecule has 7 heteroatoms. The maximum absolute atomic E-state index is 12.0. The number of carbonyl (C=O) groups excluding carboxylic acids is 1. The molecule has 20 heavy (non-hydrogen) atoms. The van der Waals surface area contributed by atoms with Crippen molar-refractivity contribution in [2.24, 2.45) is 0 Å². The van der Waals surface area contributed by atoms with Gasteiger partial charge in [-0.25, -0.2) is 0 Å². The lowest BCUT2D eigenvalue weighted by atomic mass is 10.2. The summed E-state index contributed by atoms with van der Waals surface area (Å²) in [6, 6.07) is 3.77. The van der Waals surface area contributed by atoms with Crippen molar-refractivity contribution in [2.45, 2.75) is 6.10 Å². The Balaban J connectivity index is 1.84. The Morgan fingerprint density at radius 2 is 2.55 bits per heavy atom. The fraction of sp³-hybridized carbons (Fsp3) is 0.538. The predicted octanol–water partition coefficient (Wildman–Crippen LogP) is 0.478. The highest BCUT2D eigenvalue weighted by atomic mass is 32.1. The lowest BCUT2D eigenvalue weighted by molar-refractivity contribution is -0.119. The highest BCUT2D eigenvalue weighted by molar-refractivity contribution is 7.14. The number of ether oxygens (including phenoxy) is 1. The average Bonchev–Trinajstić information content (AvgIpc) is 2.86. The molecule has 0 bridgehead atoms. The number of thiophene rings is 1. The molecule has 0 aromatic carbocycles. The summed E-state index contributed by atoms with van der Waals surface area (Å²) in [6.45, 7) is 3.24. The van der Waals surface area contributed by atoms with Crippen molar-refractivity contribution in [1.82, 2.24) is 10.2 Å². The van der Waals surface area contributed by atoms with E-state index in [0.717, 1.165) is 19.6 Å². The van der Waals surface area contributed by atoms with Gasteiger partial charge in [0.25, 0.3) is 0 Å². The number of morpholine rings is 1. The molecule has 6 nitrogen and oxygen atoms in total. The number of amides is 1. The molecule has 1 aliphatic rings. The first-order valence-corrected chi connectivity index (χ1v) is 7.37. The Hall–Kier alpha value is -1.46. The van der Waals surface area contributed by atoms with Crippen LogP contribution in [-0.2, 0) is 9.53 Å². The second-order valence-corrected chi connectivity index (χ2v) is 5.53. The smallest absolute Gasteiger partial charge is 0.239 e. The molecule has 1 aromatic rings. The topological polar surface area (TPSA) is 77.4 Å². The van der Waals surface area contributed by atoms with Gasteiger partial charge in [0.15, 0.2) is 0 Å². The minimum atomic E-state index is -0.0888. The van der Waals surface area contributed by atoms with Gasteiger partial charge in [-0.2, -0.15) is 5.26 Å². The van der Waals surface area contributed by atoms with Gasteiger partial charge < -0.3 is 15.4 Å². The molecule has 1 unspecified atom stereocenters.